The summed E-state index contributed by atoms with van der Waals surface area (Å²) in [6.07, 6.45) is 3.38. The zero-order valence-electron chi connectivity index (χ0n) is 17.2. The van der Waals surface area contributed by atoms with Gasteiger partial charge in [-0.25, -0.2) is 9.97 Å². The number of nitrogens with zero attached hydrogens (tertiary/aromatic N) is 5. The molecule has 0 aliphatic carbocycles. The minimum atomic E-state index is -0.259. The van der Waals surface area contributed by atoms with Crippen molar-refractivity contribution in [1.82, 2.24) is 24.3 Å². The average Bonchev–Trinajstić information content (AvgIpc) is 3.21. The SMILES string of the molecule is COc1ccc(-c2nc(C(=O)N3CCN(C)C(=O)C3)cn2-c2ccc(C)cc2)cn1. The molecule has 1 aliphatic heterocycles. The highest BCUT2D eigenvalue weighted by Crippen LogP contribution is 2.25. The van der Waals surface area contributed by atoms with Crippen LogP contribution < -0.4 is 4.74 Å². The first-order valence-corrected chi connectivity index (χ1v) is 9.66. The van der Waals surface area contributed by atoms with Crippen LogP contribution in [0, 0.1) is 6.92 Å². The lowest BCUT2D eigenvalue weighted by Crippen LogP contribution is -2.50. The molecule has 0 unspecified atom stereocenters. The molecule has 0 atom stereocenters. The van der Waals surface area contributed by atoms with Crippen LogP contribution in [0.4, 0.5) is 0 Å². The lowest BCUT2D eigenvalue weighted by Gasteiger charge is -2.31. The summed E-state index contributed by atoms with van der Waals surface area (Å²) in [6, 6.07) is 11.6. The second kappa shape index (κ2) is 7.98. The lowest BCUT2D eigenvalue weighted by molar-refractivity contribution is -0.133. The number of likely N-dealkylation sites (N-methyl/N-ethyl adjacent to an activating group) is 1. The first-order valence-electron chi connectivity index (χ1n) is 9.66. The number of methoxy groups -OCH3 is 1. The molecule has 30 heavy (non-hydrogen) atoms. The number of aromatic nitrogens is 3. The van der Waals surface area contributed by atoms with Crippen molar-refractivity contribution in [3.05, 3.63) is 60.0 Å². The van der Waals surface area contributed by atoms with Crippen LogP contribution >= 0.6 is 0 Å². The van der Waals surface area contributed by atoms with Gasteiger partial charge in [-0.2, -0.15) is 0 Å². The van der Waals surface area contributed by atoms with E-state index in [1.54, 1.807) is 42.4 Å². The van der Waals surface area contributed by atoms with Gasteiger partial charge in [0.15, 0.2) is 0 Å². The number of ether oxygens (including phenoxy) is 1. The number of hydrogen-bond acceptors (Lipinski definition) is 5. The van der Waals surface area contributed by atoms with E-state index in [0.717, 1.165) is 16.8 Å². The van der Waals surface area contributed by atoms with E-state index in [-0.39, 0.29) is 18.4 Å². The van der Waals surface area contributed by atoms with Crippen LogP contribution in [0.5, 0.6) is 5.88 Å². The van der Waals surface area contributed by atoms with Gasteiger partial charge in [0.1, 0.15) is 18.1 Å². The van der Waals surface area contributed by atoms with Crippen LogP contribution in [0.15, 0.2) is 48.8 Å². The van der Waals surface area contributed by atoms with Crippen molar-refractivity contribution in [3.63, 3.8) is 0 Å². The van der Waals surface area contributed by atoms with Gasteiger partial charge in [0.2, 0.25) is 11.8 Å². The Bertz CT molecular complexity index is 1070. The normalized spacial score (nSPS) is 14.2. The standard InChI is InChI=1S/C22H23N5O3/c1-15-4-7-17(8-5-15)27-13-18(22(29)26-11-10-25(2)20(28)14-26)24-21(27)16-6-9-19(30-3)23-12-16/h4-9,12-13H,10-11,14H2,1-3H3. The van der Waals surface area contributed by atoms with Gasteiger partial charge in [0.25, 0.3) is 5.91 Å². The Kier molecular flexibility index (Phi) is 5.22. The zero-order valence-corrected chi connectivity index (χ0v) is 17.2. The molecule has 0 saturated carbocycles. The highest BCUT2D eigenvalue weighted by molar-refractivity contribution is 5.96. The molecule has 1 fully saturated rings. The van der Waals surface area contributed by atoms with E-state index < -0.39 is 0 Å². The van der Waals surface area contributed by atoms with Gasteiger partial charge in [-0.15, -0.1) is 0 Å². The largest absolute Gasteiger partial charge is 0.481 e. The minimum Gasteiger partial charge on any atom is -0.481 e. The van der Waals surface area contributed by atoms with Crippen molar-refractivity contribution in [3.8, 4) is 23.0 Å². The predicted molar refractivity (Wildman–Crippen MR) is 112 cm³/mol. The van der Waals surface area contributed by atoms with E-state index in [9.17, 15) is 9.59 Å². The van der Waals surface area contributed by atoms with E-state index in [1.807, 2.05) is 41.8 Å². The predicted octanol–water partition coefficient (Wildman–Crippen LogP) is 2.17. The molecule has 1 aliphatic rings. The van der Waals surface area contributed by atoms with Gasteiger partial charge in [0, 0.05) is 49.8 Å². The van der Waals surface area contributed by atoms with Crippen molar-refractivity contribution >= 4 is 11.8 Å². The average molecular weight is 405 g/mol. The molecule has 0 radical (unpaired) electrons. The van der Waals surface area contributed by atoms with Crippen LogP contribution in [-0.4, -0.2) is 69.9 Å². The maximum Gasteiger partial charge on any atom is 0.274 e. The number of pyridine rings is 1. The summed E-state index contributed by atoms with van der Waals surface area (Å²) in [4.78, 5) is 37.2. The second-order valence-corrected chi connectivity index (χ2v) is 7.29. The molecule has 3 aromatic rings. The summed E-state index contributed by atoms with van der Waals surface area (Å²) in [6.45, 7) is 3.08. The fourth-order valence-corrected chi connectivity index (χ4v) is 3.32. The molecular formula is C22H23N5O3. The van der Waals surface area contributed by atoms with Gasteiger partial charge in [-0.3, -0.25) is 14.2 Å². The Morgan fingerprint density at radius 2 is 1.87 bits per heavy atom. The van der Waals surface area contributed by atoms with E-state index >= 15 is 0 Å². The molecule has 4 rings (SSSR count). The zero-order chi connectivity index (χ0) is 21.3. The Morgan fingerprint density at radius 3 is 2.50 bits per heavy atom. The minimum absolute atomic E-state index is 0.0617. The summed E-state index contributed by atoms with van der Waals surface area (Å²) in [5, 5.41) is 0. The van der Waals surface area contributed by atoms with Crippen LogP contribution in [0.2, 0.25) is 0 Å². The maximum atomic E-state index is 13.1. The number of rotatable bonds is 4. The fourth-order valence-electron chi connectivity index (χ4n) is 3.32. The molecule has 2 aromatic heterocycles. The third-order valence-electron chi connectivity index (χ3n) is 5.19. The number of imidazole rings is 1. The summed E-state index contributed by atoms with van der Waals surface area (Å²) in [5.74, 6) is 0.759. The Morgan fingerprint density at radius 1 is 1.10 bits per heavy atom. The lowest BCUT2D eigenvalue weighted by atomic mass is 10.2. The topological polar surface area (TPSA) is 80.6 Å². The molecule has 0 bridgehead atoms. The highest BCUT2D eigenvalue weighted by Gasteiger charge is 2.28. The van der Waals surface area contributed by atoms with Gasteiger partial charge < -0.3 is 14.5 Å². The van der Waals surface area contributed by atoms with Crippen molar-refractivity contribution in [2.24, 2.45) is 0 Å². The molecule has 0 N–H and O–H groups in total. The molecule has 154 valence electrons. The number of carbonyl (C=O) groups excluding carboxylic acids is 2. The van der Waals surface area contributed by atoms with E-state index in [0.29, 0.717) is 30.5 Å². The van der Waals surface area contributed by atoms with Gasteiger partial charge in [0.05, 0.1) is 7.11 Å². The first kappa shape index (κ1) is 19.6. The van der Waals surface area contributed by atoms with Crippen LogP contribution in [-0.2, 0) is 4.79 Å². The number of piperazine rings is 1. The number of carbonyl (C=O) groups is 2. The highest BCUT2D eigenvalue weighted by atomic mass is 16.5. The second-order valence-electron chi connectivity index (χ2n) is 7.29. The molecular weight excluding hydrogens is 382 g/mol. The van der Waals surface area contributed by atoms with E-state index in [2.05, 4.69) is 9.97 Å². The van der Waals surface area contributed by atoms with Crippen LogP contribution in [0.3, 0.4) is 0 Å². The number of hydrogen-bond donors (Lipinski definition) is 0. The van der Waals surface area contributed by atoms with Gasteiger partial charge in [-0.1, -0.05) is 17.7 Å². The monoisotopic (exact) mass is 405 g/mol. The van der Waals surface area contributed by atoms with Crippen molar-refractivity contribution in [2.75, 3.05) is 33.8 Å². The third kappa shape index (κ3) is 3.76. The van der Waals surface area contributed by atoms with Gasteiger partial charge in [-0.05, 0) is 25.1 Å². The Balaban J connectivity index is 1.74. The molecule has 1 saturated heterocycles. The van der Waals surface area contributed by atoms with Crippen LogP contribution in [0.1, 0.15) is 16.1 Å². The van der Waals surface area contributed by atoms with E-state index in [4.69, 9.17) is 4.74 Å². The Labute approximate surface area is 174 Å². The van der Waals surface area contributed by atoms with Gasteiger partial charge >= 0.3 is 0 Å². The fraction of sp³-hybridized carbons (Fsp3) is 0.273. The molecule has 1 aromatic carbocycles. The smallest absolute Gasteiger partial charge is 0.274 e. The maximum absolute atomic E-state index is 13.1. The molecule has 8 nitrogen and oxygen atoms in total. The summed E-state index contributed by atoms with van der Waals surface area (Å²) < 4.78 is 7.01. The molecule has 0 spiro atoms. The molecule has 2 amide bonds. The molecule has 3 heterocycles. The van der Waals surface area contributed by atoms with Crippen molar-refractivity contribution < 1.29 is 14.3 Å². The first-order chi connectivity index (χ1) is 14.5. The van der Waals surface area contributed by atoms with Crippen molar-refractivity contribution in [2.45, 2.75) is 6.92 Å². The third-order valence-corrected chi connectivity index (χ3v) is 5.19. The Hall–Kier alpha value is -3.68. The number of amides is 2. The number of benzene rings is 1. The van der Waals surface area contributed by atoms with Crippen molar-refractivity contribution in [1.29, 1.82) is 0 Å². The van der Waals surface area contributed by atoms with Crippen LogP contribution in [0.25, 0.3) is 17.1 Å². The number of aryl methyl sites for hydroxylation is 1. The van der Waals surface area contributed by atoms with E-state index in [1.165, 1.54) is 0 Å². The summed E-state index contributed by atoms with van der Waals surface area (Å²) >= 11 is 0. The molecule has 8 heteroatoms. The quantitative estimate of drug-likeness (QED) is 0.665. The summed E-state index contributed by atoms with van der Waals surface area (Å²) in [7, 11) is 3.30. The summed E-state index contributed by atoms with van der Waals surface area (Å²) in [5.41, 5.74) is 3.06.